The Morgan fingerprint density at radius 2 is 2.09 bits per heavy atom. The van der Waals surface area contributed by atoms with E-state index in [9.17, 15) is 9.59 Å². The molecule has 2 amide bonds. The highest BCUT2D eigenvalue weighted by Gasteiger charge is 2.31. The number of hydrogen-bond donors (Lipinski definition) is 3. The number of aromatic nitrogens is 2. The molecule has 0 bridgehead atoms. The van der Waals surface area contributed by atoms with Crippen LogP contribution in [0.5, 0.6) is 0 Å². The summed E-state index contributed by atoms with van der Waals surface area (Å²) in [5.74, 6) is 1.08. The van der Waals surface area contributed by atoms with Crippen LogP contribution in [0.25, 0.3) is 10.9 Å². The first-order valence-electron chi connectivity index (χ1n) is 10.4. The van der Waals surface area contributed by atoms with E-state index in [-0.39, 0.29) is 29.0 Å². The smallest absolute Gasteiger partial charge is 0.287 e. The van der Waals surface area contributed by atoms with E-state index in [4.69, 9.17) is 16.0 Å². The van der Waals surface area contributed by atoms with Gasteiger partial charge in [-0.25, -0.2) is 0 Å². The molecule has 3 heterocycles. The second kappa shape index (κ2) is 8.35. The Kier molecular flexibility index (Phi) is 5.73. The monoisotopic (exact) mass is 455 g/mol. The van der Waals surface area contributed by atoms with Crippen molar-refractivity contribution >= 4 is 40.1 Å². The molecule has 0 radical (unpaired) electrons. The van der Waals surface area contributed by atoms with Gasteiger partial charge in [-0.1, -0.05) is 39.0 Å². The van der Waals surface area contributed by atoms with E-state index in [1.54, 1.807) is 17.0 Å². The summed E-state index contributed by atoms with van der Waals surface area (Å²) in [6.45, 7) is 11.1. The van der Waals surface area contributed by atoms with E-state index in [2.05, 4.69) is 48.2 Å². The predicted octanol–water partition coefficient (Wildman–Crippen LogP) is 3.85. The maximum absolute atomic E-state index is 12.4. The van der Waals surface area contributed by atoms with Gasteiger partial charge >= 0.3 is 0 Å². The maximum Gasteiger partial charge on any atom is 0.287 e. The van der Waals surface area contributed by atoms with E-state index in [1.807, 2.05) is 12.1 Å². The molecule has 0 spiro atoms. The SMILES string of the molecule is C=CC(=O)N1CC(NC(=O)c2ccc(CNc3n[nH]c4cc(Cl)c(C(C)(C)C)cc34)o2)C1. The van der Waals surface area contributed by atoms with Crippen molar-refractivity contribution in [2.45, 2.75) is 38.8 Å². The third-order valence-electron chi connectivity index (χ3n) is 5.48. The number of benzene rings is 1. The van der Waals surface area contributed by atoms with Crippen molar-refractivity contribution < 1.29 is 14.0 Å². The van der Waals surface area contributed by atoms with E-state index in [1.165, 1.54) is 6.08 Å². The number of carbonyl (C=O) groups is 2. The molecule has 0 saturated carbocycles. The van der Waals surface area contributed by atoms with E-state index in [0.29, 0.717) is 36.2 Å². The van der Waals surface area contributed by atoms with Crippen molar-refractivity contribution in [3.63, 3.8) is 0 Å². The standard InChI is InChI=1S/C23H26ClN5O3/c1-5-20(30)29-11-13(12-29)26-22(31)19-7-6-14(32-19)10-25-21-15-8-16(23(2,3)4)17(24)9-18(15)27-28-21/h5-9,13H,1,10-12H2,2-4H3,(H,26,31)(H2,25,27,28). The largest absolute Gasteiger partial charge is 0.454 e. The van der Waals surface area contributed by atoms with Gasteiger partial charge in [-0.05, 0) is 41.3 Å². The van der Waals surface area contributed by atoms with E-state index < -0.39 is 0 Å². The number of rotatable bonds is 6. The summed E-state index contributed by atoms with van der Waals surface area (Å²) in [5.41, 5.74) is 1.78. The number of halogens is 1. The average molecular weight is 456 g/mol. The summed E-state index contributed by atoms with van der Waals surface area (Å²) >= 11 is 6.44. The molecule has 0 atom stereocenters. The Morgan fingerprint density at radius 1 is 1.34 bits per heavy atom. The van der Waals surface area contributed by atoms with Crippen LogP contribution in [0.4, 0.5) is 5.82 Å². The van der Waals surface area contributed by atoms with Crippen LogP contribution in [0.15, 0.2) is 41.3 Å². The van der Waals surface area contributed by atoms with Crippen LogP contribution in [-0.2, 0) is 16.8 Å². The Balaban J connectivity index is 1.38. The fourth-order valence-electron chi connectivity index (χ4n) is 3.65. The molecule has 0 unspecified atom stereocenters. The molecule has 1 aliphatic rings. The van der Waals surface area contributed by atoms with Gasteiger partial charge in [0, 0.05) is 23.5 Å². The minimum absolute atomic E-state index is 0.0858. The third kappa shape index (κ3) is 4.36. The van der Waals surface area contributed by atoms with Crippen LogP contribution in [0.2, 0.25) is 5.02 Å². The van der Waals surface area contributed by atoms with Crippen molar-refractivity contribution in [3.8, 4) is 0 Å². The first-order valence-corrected chi connectivity index (χ1v) is 10.8. The quantitative estimate of drug-likeness (QED) is 0.490. The zero-order valence-corrected chi connectivity index (χ0v) is 19.0. The Hall–Kier alpha value is -3.26. The molecule has 3 aromatic rings. The number of nitrogens with one attached hydrogen (secondary N) is 3. The molecule has 9 heteroatoms. The summed E-state index contributed by atoms with van der Waals surface area (Å²) in [6.07, 6.45) is 1.27. The molecule has 32 heavy (non-hydrogen) atoms. The molecule has 4 rings (SSSR count). The molecule has 1 aromatic carbocycles. The highest BCUT2D eigenvalue weighted by molar-refractivity contribution is 6.32. The van der Waals surface area contributed by atoms with Crippen LogP contribution in [0.3, 0.4) is 0 Å². The summed E-state index contributed by atoms with van der Waals surface area (Å²) in [5, 5.41) is 15.1. The Labute approximate surface area is 191 Å². The fourth-order valence-corrected chi connectivity index (χ4v) is 4.10. The Bertz CT molecular complexity index is 1180. The number of aromatic amines is 1. The molecule has 2 aromatic heterocycles. The minimum atomic E-state index is -0.304. The summed E-state index contributed by atoms with van der Waals surface area (Å²) in [7, 11) is 0. The number of fused-ring (bicyclic) bond motifs is 1. The molecule has 0 aliphatic carbocycles. The molecule has 1 fully saturated rings. The van der Waals surface area contributed by atoms with Crippen molar-refractivity contribution in [1.82, 2.24) is 20.4 Å². The number of anilines is 1. The topological polar surface area (TPSA) is 103 Å². The van der Waals surface area contributed by atoms with Gasteiger partial charge in [-0.3, -0.25) is 14.7 Å². The molecule has 168 valence electrons. The van der Waals surface area contributed by atoms with E-state index >= 15 is 0 Å². The number of amides is 2. The number of furan rings is 1. The van der Waals surface area contributed by atoms with Crippen LogP contribution < -0.4 is 10.6 Å². The van der Waals surface area contributed by atoms with Crippen LogP contribution in [-0.4, -0.2) is 46.0 Å². The molecular formula is C23H26ClN5O3. The lowest BCUT2D eigenvalue weighted by Crippen LogP contribution is -2.60. The van der Waals surface area contributed by atoms with Gasteiger partial charge < -0.3 is 20.0 Å². The minimum Gasteiger partial charge on any atom is -0.454 e. The van der Waals surface area contributed by atoms with E-state index in [0.717, 1.165) is 16.5 Å². The zero-order chi connectivity index (χ0) is 23.0. The Morgan fingerprint density at radius 3 is 2.78 bits per heavy atom. The predicted molar refractivity (Wildman–Crippen MR) is 124 cm³/mol. The molecule has 3 N–H and O–H groups in total. The number of hydrogen-bond acceptors (Lipinski definition) is 5. The lowest BCUT2D eigenvalue weighted by Gasteiger charge is -2.38. The van der Waals surface area contributed by atoms with Crippen molar-refractivity contribution in [2.75, 3.05) is 18.4 Å². The van der Waals surface area contributed by atoms with Gasteiger partial charge in [0.1, 0.15) is 5.76 Å². The number of H-pyrrole nitrogens is 1. The van der Waals surface area contributed by atoms with Gasteiger partial charge in [0.2, 0.25) is 5.91 Å². The summed E-state index contributed by atoms with van der Waals surface area (Å²) in [6, 6.07) is 7.23. The molecular weight excluding hydrogens is 430 g/mol. The zero-order valence-electron chi connectivity index (χ0n) is 18.3. The summed E-state index contributed by atoms with van der Waals surface area (Å²) in [4.78, 5) is 25.5. The first-order chi connectivity index (χ1) is 15.2. The third-order valence-corrected chi connectivity index (χ3v) is 5.79. The van der Waals surface area contributed by atoms with Crippen molar-refractivity contribution in [3.05, 3.63) is 59.0 Å². The maximum atomic E-state index is 12.4. The van der Waals surface area contributed by atoms with Gasteiger partial charge in [0.25, 0.3) is 5.91 Å². The average Bonchev–Trinajstić information content (AvgIpc) is 3.33. The van der Waals surface area contributed by atoms with Crippen LogP contribution in [0, 0.1) is 0 Å². The normalized spacial score (nSPS) is 14.3. The lowest BCUT2D eigenvalue weighted by atomic mass is 9.86. The number of carbonyl (C=O) groups excluding carboxylic acids is 2. The van der Waals surface area contributed by atoms with Gasteiger partial charge in [-0.2, -0.15) is 5.10 Å². The molecule has 1 saturated heterocycles. The molecule has 1 aliphatic heterocycles. The highest BCUT2D eigenvalue weighted by Crippen LogP contribution is 2.34. The highest BCUT2D eigenvalue weighted by atomic mass is 35.5. The number of nitrogens with zero attached hydrogens (tertiary/aromatic N) is 2. The van der Waals surface area contributed by atoms with Crippen LogP contribution >= 0.6 is 11.6 Å². The number of likely N-dealkylation sites (tertiary alicyclic amines) is 1. The van der Waals surface area contributed by atoms with Gasteiger partial charge in [0.15, 0.2) is 11.6 Å². The van der Waals surface area contributed by atoms with Crippen LogP contribution in [0.1, 0.15) is 42.6 Å². The summed E-state index contributed by atoms with van der Waals surface area (Å²) < 4.78 is 5.69. The van der Waals surface area contributed by atoms with Crippen molar-refractivity contribution in [2.24, 2.45) is 0 Å². The molecule has 8 nitrogen and oxygen atoms in total. The van der Waals surface area contributed by atoms with Crippen molar-refractivity contribution in [1.29, 1.82) is 0 Å². The second-order valence-corrected chi connectivity index (χ2v) is 9.34. The second-order valence-electron chi connectivity index (χ2n) is 8.94. The fraction of sp³-hybridized carbons (Fsp3) is 0.348. The lowest BCUT2D eigenvalue weighted by molar-refractivity contribution is -0.130. The van der Waals surface area contributed by atoms with Gasteiger partial charge in [-0.15, -0.1) is 0 Å². The van der Waals surface area contributed by atoms with Gasteiger partial charge in [0.05, 0.1) is 18.1 Å². The first kappa shape index (κ1) is 22.0.